The van der Waals surface area contributed by atoms with Gasteiger partial charge in [0.2, 0.25) is 0 Å². The topological polar surface area (TPSA) is 95.6 Å². The number of benzene rings is 1. The molecule has 1 aliphatic rings. The number of rotatable bonds is 2. The van der Waals surface area contributed by atoms with Crippen molar-refractivity contribution < 1.29 is 0 Å². The molecule has 1 fully saturated rings. The maximum absolute atomic E-state index is 6.08. The fourth-order valence-electron chi connectivity index (χ4n) is 3.50. The van der Waals surface area contributed by atoms with Crippen LogP contribution < -0.4 is 11.5 Å². The summed E-state index contributed by atoms with van der Waals surface area (Å²) in [7, 11) is 0. The summed E-state index contributed by atoms with van der Waals surface area (Å²) in [4.78, 5) is 9.22. The largest absolute Gasteiger partial charge is 0.399 e. The first kappa shape index (κ1) is 14.9. The van der Waals surface area contributed by atoms with Gasteiger partial charge in [-0.25, -0.2) is 14.6 Å². The van der Waals surface area contributed by atoms with Crippen molar-refractivity contribution in [1.29, 1.82) is 0 Å². The Hall–Kier alpha value is -2.63. The van der Waals surface area contributed by atoms with Crippen molar-refractivity contribution in [1.82, 2.24) is 19.7 Å². The third-order valence-electron chi connectivity index (χ3n) is 4.82. The first-order chi connectivity index (χ1) is 11.7. The number of aromatic nitrogens is 4. The molecule has 3 aromatic rings. The van der Waals surface area contributed by atoms with Crippen molar-refractivity contribution in [3.63, 3.8) is 0 Å². The molecular formula is C18H22N6. The Kier molecular flexibility index (Phi) is 3.80. The van der Waals surface area contributed by atoms with Gasteiger partial charge in [-0.3, -0.25) is 0 Å². The molecule has 1 saturated carbocycles. The minimum atomic E-state index is 0.422. The Balaban J connectivity index is 1.79. The second-order valence-electron chi connectivity index (χ2n) is 6.55. The lowest BCUT2D eigenvalue weighted by atomic mass is 10.1. The summed E-state index contributed by atoms with van der Waals surface area (Å²) in [6.45, 7) is 0. The van der Waals surface area contributed by atoms with Crippen LogP contribution >= 0.6 is 0 Å². The third kappa shape index (κ3) is 2.68. The second kappa shape index (κ2) is 6.11. The van der Waals surface area contributed by atoms with E-state index in [2.05, 4.69) is 14.8 Å². The monoisotopic (exact) mass is 322 g/mol. The lowest BCUT2D eigenvalue weighted by molar-refractivity contribution is 0.415. The summed E-state index contributed by atoms with van der Waals surface area (Å²) in [6.07, 6.45) is 11.1. The van der Waals surface area contributed by atoms with Crippen LogP contribution in [-0.4, -0.2) is 19.7 Å². The molecular weight excluding hydrogens is 300 g/mol. The molecule has 6 heteroatoms. The zero-order valence-corrected chi connectivity index (χ0v) is 13.7. The van der Waals surface area contributed by atoms with Gasteiger partial charge >= 0.3 is 0 Å². The van der Waals surface area contributed by atoms with Crippen molar-refractivity contribution in [2.75, 3.05) is 11.5 Å². The van der Waals surface area contributed by atoms with E-state index in [1.807, 2.05) is 18.5 Å². The first-order valence-corrected chi connectivity index (χ1v) is 8.58. The summed E-state index contributed by atoms with van der Waals surface area (Å²) in [5.74, 6) is 0.600. The molecule has 0 radical (unpaired) electrons. The summed E-state index contributed by atoms with van der Waals surface area (Å²) in [6, 6.07) is 5.82. The summed E-state index contributed by atoms with van der Waals surface area (Å²) in [5.41, 5.74) is 14.9. The number of nitrogens with zero attached hydrogens (tertiary/aromatic N) is 4. The van der Waals surface area contributed by atoms with Crippen LogP contribution in [0.15, 0.2) is 30.6 Å². The van der Waals surface area contributed by atoms with Gasteiger partial charge in [0.15, 0.2) is 11.5 Å². The van der Waals surface area contributed by atoms with Gasteiger partial charge in [-0.15, -0.1) is 0 Å². The van der Waals surface area contributed by atoms with Gasteiger partial charge in [0.1, 0.15) is 0 Å². The highest BCUT2D eigenvalue weighted by molar-refractivity contribution is 5.80. The van der Waals surface area contributed by atoms with Crippen LogP contribution in [0.4, 0.5) is 11.4 Å². The van der Waals surface area contributed by atoms with Gasteiger partial charge in [0.05, 0.1) is 17.6 Å². The van der Waals surface area contributed by atoms with E-state index < -0.39 is 0 Å². The highest BCUT2D eigenvalue weighted by atomic mass is 15.3. The lowest BCUT2D eigenvalue weighted by Crippen LogP contribution is -2.10. The molecule has 0 saturated heterocycles. The van der Waals surface area contributed by atoms with Gasteiger partial charge < -0.3 is 11.5 Å². The number of nitrogens with two attached hydrogens (primary N) is 2. The second-order valence-corrected chi connectivity index (χ2v) is 6.55. The zero-order chi connectivity index (χ0) is 16.5. The van der Waals surface area contributed by atoms with Gasteiger partial charge in [-0.1, -0.05) is 25.7 Å². The Morgan fingerprint density at radius 3 is 2.58 bits per heavy atom. The fraction of sp³-hybridized carbons (Fsp3) is 0.389. The van der Waals surface area contributed by atoms with Crippen LogP contribution in [0.5, 0.6) is 0 Å². The average Bonchev–Trinajstić information content (AvgIpc) is 2.82. The molecule has 0 bridgehead atoms. The van der Waals surface area contributed by atoms with Crippen molar-refractivity contribution in [3.05, 3.63) is 30.6 Å². The van der Waals surface area contributed by atoms with E-state index in [1.54, 1.807) is 12.1 Å². The Morgan fingerprint density at radius 1 is 1.00 bits per heavy atom. The summed E-state index contributed by atoms with van der Waals surface area (Å²) >= 11 is 0. The Labute approximate surface area is 140 Å². The minimum Gasteiger partial charge on any atom is -0.399 e. The molecule has 0 amide bonds. The molecule has 0 unspecified atom stereocenters. The number of anilines is 2. The average molecular weight is 322 g/mol. The normalized spacial score (nSPS) is 16.3. The quantitative estimate of drug-likeness (QED) is 0.555. The van der Waals surface area contributed by atoms with E-state index in [0.717, 1.165) is 29.4 Å². The fourth-order valence-corrected chi connectivity index (χ4v) is 3.50. The van der Waals surface area contributed by atoms with Gasteiger partial charge in [-0.05, 0) is 31.0 Å². The Morgan fingerprint density at radius 2 is 1.79 bits per heavy atom. The third-order valence-corrected chi connectivity index (χ3v) is 4.82. The molecule has 2 heterocycles. The molecule has 124 valence electrons. The molecule has 24 heavy (non-hydrogen) atoms. The number of hydrogen-bond donors (Lipinski definition) is 2. The van der Waals surface area contributed by atoms with Crippen LogP contribution in [0, 0.1) is 0 Å². The van der Waals surface area contributed by atoms with E-state index in [9.17, 15) is 0 Å². The predicted molar refractivity (Wildman–Crippen MR) is 96.3 cm³/mol. The maximum atomic E-state index is 6.08. The number of fused-ring (bicyclic) bond motifs is 1. The SMILES string of the molecule is Nc1ccc(N)c(-c2ncc3cnn(C4CCCCCC4)c3n2)c1. The van der Waals surface area contributed by atoms with Gasteiger partial charge in [0.25, 0.3) is 0 Å². The molecule has 1 aliphatic carbocycles. The standard InChI is InChI=1S/C18H22N6/c19-13-7-8-16(20)15(9-13)17-21-10-12-11-22-24(18(12)23-17)14-5-3-1-2-4-6-14/h7-11,14H,1-6,19-20H2. The van der Waals surface area contributed by atoms with E-state index >= 15 is 0 Å². The first-order valence-electron chi connectivity index (χ1n) is 8.58. The molecule has 4 rings (SSSR count). The van der Waals surface area contributed by atoms with Crippen LogP contribution in [0.2, 0.25) is 0 Å². The maximum Gasteiger partial charge on any atom is 0.163 e. The van der Waals surface area contributed by atoms with E-state index in [-0.39, 0.29) is 0 Å². The molecule has 0 atom stereocenters. The molecule has 1 aromatic carbocycles. The molecule has 0 aliphatic heterocycles. The zero-order valence-electron chi connectivity index (χ0n) is 13.7. The van der Waals surface area contributed by atoms with E-state index in [0.29, 0.717) is 23.2 Å². The van der Waals surface area contributed by atoms with Crippen molar-refractivity contribution in [2.24, 2.45) is 0 Å². The van der Waals surface area contributed by atoms with Crippen molar-refractivity contribution in [2.45, 2.75) is 44.6 Å². The van der Waals surface area contributed by atoms with Crippen LogP contribution in [-0.2, 0) is 0 Å². The molecule has 6 nitrogen and oxygen atoms in total. The van der Waals surface area contributed by atoms with Gasteiger partial charge in [-0.2, -0.15) is 5.10 Å². The van der Waals surface area contributed by atoms with Crippen molar-refractivity contribution in [3.8, 4) is 11.4 Å². The minimum absolute atomic E-state index is 0.422. The highest BCUT2D eigenvalue weighted by Gasteiger charge is 2.19. The predicted octanol–water partition coefficient (Wildman–Crippen LogP) is 3.55. The van der Waals surface area contributed by atoms with Crippen LogP contribution in [0.25, 0.3) is 22.4 Å². The van der Waals surface area contributed by atoms with Gasteiger partial charge in [0, 0.05) is 23.1 Å². The van der Waals surface area contributed by atoms with E-state index in [1.165, 1.54) is 25.7 Å². The molecule has 4 N–H and O–H groups in total. The summed E-state index contributed by atoms with van der Waals surface area (Å²) < 4.78 is 2.08. The van der Waals surface area contributed by atoms with E-state index in [4.69, 9.17) is 16.5 Å². The lowest BCUT2D eigenvalue weighted by Gasteiger charge is -2.15. The van der Waals surface area contributed by atoms with Crippen LogP contribution in [0.1, 0.15) is 44.6 Å². The van der Waals surface area contributed by atoms with Crippen molar-refractivity contribution >= 4 is 22.4 Å². The Bertz CT molecular complexity index is 861. The molecule has 0 spiro atoms. The number of hydrogen-bond acceptors (Lipinski definition) is 5. The molecule has 2 aromatic heterocycles. The van der Waals surface area contributed by atoms with Crippen LogP contribution in [0.3, 0.4) is 0 Å². The number of nitrogen functional groups attached to an aromatic ring is 2. The summed E-state index contributed by atoms with van der Waals surface area (Å²) in [5, 5.41) is 5.56. The highest BCUT2D eigenvalue weighted by Crippen LogP contribution is 2.30. The smallest absolute Gasteiger partial charge is 0.163 e.